The van der Waals surface area contributed by atoms with Gasteiger partial charge in [0.25, 0.3) is 0 Å². The van der Waals surface area contributed by atoms with Gasteiger partial charge in [0.1, 0.15) is 25.6 Å². The maximum Gasteiger partial charge on any atom is 0.323 e. The van der Waals surface area contributed by atoms with Crippen LogP contribution in [-0.4, -0.2) is 62.2 Å². The third-order valence-corrected chi connectivity index (χ3v) is 6.36. The summed E-state index contributed by atoms with van der Waals surface area (Å²) in [6.07, 6.45) is 3.32. The summed E-state index contributed by atoms with van der Waals surface area (Å²) in [7, 11) is 0. The number of aliphatic carboxylic acids is 1. The van der Waals surface area contributed by atoms with E-state index in [1.807, 2.05) is 30.0 Å². The molecule has 2 aliphatic rings. The van der Waals surface area contributed by atoms with Crippen molar-refractivity contribution in [3.8, 4) is 11.5 Å². The molecule has 0 radical (unpaired) electrons. The van der Waals surface area contributed by atoms with Crippen LogP contribution in [0.1, 0.15) is 43.6 Å². The molecule has 166 valence electrons. The minimum absolute atomic E-state index is 0.00327. The van der Waals surface area contributed by atoms with Crippen molar-refractivity contribution in [2.75, 3.05) is 25.5 Å². The summed E-state index contributed by atoms with van der Waals surface area (Å²) in [6.45, 7) is 3.56. The number of amides is 1. The van der Waals surface area contributed by atoms with Gasteiger partial charge in [0.05, 0.1) is 11.8 Å². The number of carboxylic acids is 1. The van der Waals surface area contributed by atoms with Crippen LogP contribution in [0.3, 0.4) is 0 Å². The predicted molar refractivity (Wildman–Crippen MR) is 113 cm³/mol. The second kappa shape index (κ2) is 9.59. The minimum Gasteiger partial charge on any atom is -0.486 e. The zero-order valence-corrected chi connectivity index (χ0v) is 18.3. The van der Waals surface area contributed by atoms with Crippen LogP contribution >= 0.6 is 11.8 Å². The lowest BCUT2D eigenvalue weighted by molar-refractivity contribution is -0.137. The van der Waals surface area contributed by atoms with Crippen LogP contribution in [0.2, 0.25) is 0 Å². The van der Waals surface area contributed by atoms with Crippen molar-refractivity contribution in [1.82, 2.24) is 19.7 Å². The average Bonchev–Trinajstić information content (AvgIpc) is 3.40. The first kappa shape index (κ1) is 21.5. The van der Waals surface area contributed by atoms with Crippen molar-refractivity contribution in [3.63, 3.8) is 0 Å². The SMILES string of the molecule is CCCc1nnc(SCC(=O)N2CCC[C@H]2c2ccc3c(c2)OCCO3)n1CC(=O)O. The highest BCUT2D eigenvalue weighted by molar-refractivity contribution is 7.99. The van der Waals surface area contributed by atoms with Crippen molar-refractivity contribution >= 4 is 23.6 Å². The van der Waals surface area contributed by atoms with E-state index >= 15 is 0 Å². The highest BCUT2D eigenvalue weighted by Crippen LogP contribution is 2.38. The van der Waals surface area contributed by atoms with Crippen LogP contribution in [0.15, 0.2) is 23.4 Å². The number of carbonyl (C=O) groups is 2. The maximum absolute atomic E-state index is 13.0. The fourth-order valence-electron chi connectivity index (χ4n) is 4.02. The number of benzene rings is 1. The van der Waals surface area contributed by atoms with Gasteiger partial charge in [0.2, 0.25) is 5.91 Å². The molecule has 0 saturated carbocycles. The number of carboxylic acid groups (broad SMARTS) is 1. The highest BCUT2D eigenvalue weighted by atomic mass is 32.2. The van der Waals surface area contributed by atoms with E-state index in [9.17, 15) is 14.7 Å². The largest absolute Gasteiger partial charge is 0.486 e. The Morgan fingerprint density at radius 1 is 1.23 bits per heavy atom. The molecule has 0 bridgehead atoms. The number of fused-ring (bicyclic) bond motifs is 1. The second-order valence-corrected chi connectivity index (χ2v) is 8.51. The molecular formula is C21H26N4O5S. The number of ether oxygens (including phenoxy) is 2. The number of nitrogens with zero attached hydrogens (tertiary/aromatic N) is 4. The summed E-state index contributed by atoms with van der Waals surface area (Å²) < 4.78 is 12.9. The molecule has 2 aliphatic heterocycles. The lowest BCUT2D eigenvalue weighted by Gasteiger charge is -2.26. The number of hydrogen-bond donors (Lipinski definition) is 1. The predicted octanol–water partition coefficient (Wildman–Crippen LogP) is 2.54. The molecule has 1 fully saturated rings. The Hall–Kier alpha value is -2.75. The summed E-state index contributed by atoms with van der Waals surface area (Å²) >= 11 is 1.24. The van der Waals surface area contributed by atoms with Gasteiger partial charge in [0, 0.05) is 13.0 Å². The van der Waals surface area contributed by atoms with Gasteiger partial charge in [-0.2, -0.15) is 0 Å². The van der Waals surface area contributed by atoms with Crippen LogP contribution in [0.5, 0.6) is 11.5 Å². The molecule has 1 amide bonds. The van der Waals surface area contributed by atoms with E-state index in [1.54, 1.807) is 4.57 Å². The van der Waals surface area contributed by atoms with Crippen LogP contribution in [0.25, 0.3) is 0 Å². The lowest BCUT2D eigenvalue weighted by atomic mass is 10.0. The molecule has 31 heavy (non-hydrogen) atoms. The molecular weight excluding hydrogens is 420 g/mol. The molecule has 9 nitrogen and oxygen atoms in total. The van der Waals surface area contributed by atoms with Gasteiger partial charge in [-0.1, -0.05) is 24.8 Å². The summed E-state index contributed by atoms with van der Waals surface area (Å²) in [5, 5.41) is 17.9. The van der Waals surface area contributed by atoms with Gasteiger partial charge < -0.3 is 19.5 Å². The number of thioether (sulfide) groups is 1. The third-order valence-electron chi connectivity index (χ3n) is 5.41. The molecule has 10 heteroatoms. The monoisotopic (exact) mass is 446 g/mol. The fourth-order valence-corrected chi connectivity index (χ4v) is 4.86. The van der Waals surface area contributed by atoms with Crippen molar-refractivity contribution in [3.05, 3.63) is 29.6 Å². The number of likely N-dealkylation sites (tertiary alicyclic amines) is 1. The maximum atomic E-state index is 13.0. The molecule has 1 N–H and O–H groups in total. The number of carbonyl (C=O) groups excluding carboxylic acids is 1. The number of hydrogen-bond acceptors (Lipinski definition) is 7. The van der Waals surface area contributed by atoms with E-state index in [0.29, 0.717) is 37.2 Å². The van der Waals surface area contributed by atoms with Crippen molar-refractivity contribution in [2.45, 2.75) is 50.4 Å². The van der Waals surface area contributed by atoms with E-state index in [4.69, 9.17) is 9.47 Å². The summed E-state index contributed by atoms with van der Waals surface area (Å²) in [4.78, 5) is 26.2. The zero-order chi connectivity index (χ0) is 21.8. The molecule has 1 saturated heterocycles. The van der Waals surface area contributed by atoms with Crippen LogP contribution in [0.4, 0.5) is 0 Å². The van der Waals surface area contributed by atoms with Gasteiger partial charge in [-0.25, -0.2) is 0 Å². The van der Waals surface area contributed by atoms with Gasteiger partial charge in [0.15, 0.2) is 16.7 Å². The zero-order valence-electron chi connectivity index (χ0n) is 17.5. The molecule has 3 heterocycles. The van der Waals surface area contributed by atoms with E-state index in [2.05, 4.69) is 10.2 Å². The molecule has 4 rings (SSSR count). The van der Waals surface area contributed by atoms with E-state index in [-0.39, 0.29) is 24.2 Å². The van der Waals surface area contributed by atoms with E-state index < -0.39 is 5.97 Å². The fraction of sp³-hybridized carbons (Fsp3) is 0.524. The van der Waals surface area contributed by atoms with Gasteiger partial charge >= 0.3 is 5.97 Å². The van der Waals surface area contributed by atoms with Gasteiger partial charge in [-0.05, 0) is 37.0 Å². The minimum atomic E-state index is -0.955. The molecule has 1 aromatic heterocycles. The van der Waals surface area contributed by atoms with Crippen molar-refractivity contribution < 1.29 is 24.2 Å². The van der Waals surface area contributed by atoms with Gasteiger partial charge in [-0.15, -0.1) is 10.2 Å². The lowest BCUT2D eigenvalue weighted by Crippen LogP contribution is -2.32. The Labute approximate surface area is 184 Å². The first-order valence-electron chi connectivity index (χ1n) is 10.5. The molecule has 1 atom stereocenters. The molecule has 0 aliphatic carbocycles. The first-order valence-corrected chi connectivity index (χ1v) is 11.5. The normalized spacial score (nSPS) is 17.7. The second-order valence-electron chi connectivity index (χ2n) is 7.57. The van der Waals surface area contributed by atoms with E-state index in [0.717, 1.165) is 36.3 Å². The Kier molecular flexibility index (Phi) is 6.64. The molecule has 1 aromatic carbocycles. The van der Waals surface area contributed by atoms with Crippen molar-refractivity contribution in [1.29, 1.82) is 0 Å². The van der Waals surface area contributed by atoms with Crippen LogP contribution in [0, 0.1) is 0 Å². The molecule has 0 spiro atoms. The quantitative estimate of drug-likeness (QED) is 0.617. The average molecular weight is 447 g/mol. The van der Waals surface area contributed by atoms with Crippen LogP contribution in [-0.2, 0) is 22.6 Å². The summed E-state index contributed by atoms with van der Waals surface area (Å²) in [5.41, 5.74) is 1.04. The highest BCUT2D eigenvalue weighted by Gasteiger charge is 2.31. The Balaban J connectivity index is 1.44. The first-order chi connectivity index (χ1) is 15.1. The van der Waals surface area contributed by atoms with Crippen molar-refractivity contribution in [2.24, 2.45) is 0 Å². The number of rotatable bonds is 8. The summed E-state index contributed by atoms with van der Waals surface area (Å²) in [6, 6.07) is 5.87. The Morgan fingerprint density at radius 3 is 2.81 bits per heavy atom. The smallest absolute Gasteiger partial charge is 0.323 e. The van der Waals surface area contributed by atoms with Crippen LogP contribution < -0.4 is 9.47 Å². The number of aryl methyl sites for hydroxylation is 1. The third kappa shape index (κ3) is 4.79. The number of aromatic nitrogens is 3. The Morgan fingerprint density at radius 2 is 2.03 bits per heavy atom. The summed E-state index contributed by atoms with van der Waals surface area (Å²) in [5.74, 6) is 1.33. The molecule has 0 unspecified atom stereocenters. The standard InChI is InChI=1S/C21H26N4O5S/c1-2-4-18-22-23-21(25(18)12-20(27)28)31-13-19(26)24-8-3-5-15(24)14-6-7-16-17(11-14)30-10-9-29-16/h6-7,11,15H,2-5,8-10,12-13H2,1H3,(H,27,28)/t15-/m0/s1. The molecule has 2 aromatic rings. The Bertz CT molecular complexity index is 963. The topological polar surface area (TPSA) is 107 Å². The van der Waals surface area contributed by atoms with E-state index in [1.165, 1.54) is 11.8 Å². The van der Waals surface area contributed by atoms with Gasteiger partial charge in [-0.3, -0.25) is 14.2 Å².